The van der Waals surface area contributed by atoms with Crippen LogP contribution in [0.1, 0.15) is 6.92 Å². The maximum atomic E-state index is 14.2. The lowest BCUT2D eigenvalue weighted by Gasteiger charge is -2.22. The number of aromatic nitrogens is 2. The Kier molecular flexibility index (Phi) is 5.40. The first kappa shape index (κ1) is 19.9. The molecule has 1 aliphatic rings. The molecule has 1 atom stereocenters. The molecule has 7 nitrogen and oxygen atoms in total. The Morgan fingerprint density at radius 3 is 2.63 bits per heavy atom. The van der Waals surface area contributed by atoms with Crippen LogP contribution in [0.3, 0.4) is 0 Å². The van der Waals surface area contributed by atoms with Crippen LogP contribution in [0.15, 0.2) is 47.5 Å². The zero-order valence-corrected chi connectivity index (χ0v) is 16.8. The fourth-order valence-electron chi connectivity index (χ4n) is 2.81. The van der Waals surface area contributed by atoms with E-state index in [0.717, 1.165) is 11.1 Å². The number of halogens is 2. The number of benzene rings is 2. The number of anilines is 5. The van der Waals surface area contributed by atoms with Crippen molar-refractivity contribution in [2.24, 2.45) is 0 Å². The van der Waals surface area contributed by atoms with Gasteiger partial charge in [0.2, 0.25) is 11.9 Å². The van der Waals surface area contributed by atoms with Crippen molar-refractivity contribution in [3.05, 3.63) is 54.2 Å². The van der Waals surface area contributed by atoms with Crippen molar-refractivity contribution < 1.29 is 18.3 Å². The molecule has 1 amide bonds. The normalized spacial score (nSPS) is 15.2. The number of hydrogen-bond acceptors (Lipinski definition) is 7. The van der Waals surface area contributed by atoms with Crippen molar-refractivity contribution in [3.8, 4) is 5.75 Å². The summed E-state index contributed by atoms with van der Waals surface area (Å²) in [6, 6.07) is 9.59. The molecule has 10 heteroatoms. The highest BCUT2D eigenvalue weighted by atomic mass is 32.2. The van der Waals surface area contributed by atoms with E-state index in [9.17, 15) is 13.6 Å². The van der Waals surface area contributed by atoms with Crippen LogP contribution in [0, 0.1) is 11.6 Å². The highest BCUT2D eigenvalue weighted by molar-refractivity contribution is 8.00. The minimum absolute atomic E-state index is 0.0652. The number of rotatable bonds is 5. The molecular formula is C20H17F2N5O2S. The fraction of sp³-hybridized carbons (Fsp3) is 0.150. The molecule has 0 aliphatic carbocycles. The van der Waals surface area contributed by atoms with Crippen LogP contribution in [0.2, 0.25) is 0 Å². The molecule has 2 heterocycles. The summed E-state index contributed by atoms with van der Waals surface area (Å²) < 4.78 is 33.0. The van der Waals surface area contributed by atoms with Gasteiger partial charge < -0.3 is 20.7 Å². The highest BCUT2D eigenvalue weighted by Gasteiger charge is 2.23. The van der Waals surface area contributed by atoms with Crippen LogP contribution in [0.25, 0.3) is 0 Å². The maximum Gasteiger partial charge on any atom is 0.237 e. The average molecular weight is 429 g/mol. The molecule has 30 heavy (non-hydrogen) atoms. The molecule has 0 radical (unpaired) electrons. The van der Waals surface area contributed by atoms with Gasteiger partial charge in [-0.25, -0.2) is 13.8 Å². The molecule has 0 fully saturated rings. The Morgan fingerprint density at radius 1 is 1.10 bits per heavy atom. The first-order chi connectivity index (χ1) is 14.4. The molecular weight excluding hydrogens is 412 g/mol. The van der Waals surface area contributed by atoms with Crippen molar-refractivity contribution >= 4 is 46.5 Å². The Labute approximate surface area is 175 Å². The second-order valence-electron chi connectivity index (χ2n) is 6.45. The van der Waals surface area contributed by atoms with Crippen molar-refractivity contribution in [1.29, 1.82) is 0 Å². The van der Waals surface area contributed by atoms with E-state index in [4.69, 9.17) is 4.74 Å². The number of nitrogens with one attached hydrogen (secondary N) is 3. The van der Waals surface area contributed by atoms with E-state index in [2.05, 4.69) is 25.9 Å². The lowest BCUT2D eigenvalue weighted by molar-refractivity contribution is -0.115. The van der Waals surface area contributed by atoms with Gasteiger partial charge in [0.15, 0.2) is 23.2 Å². The third-order valence-electron chi connectivity index (χ3n) is 4.33. The zero-order chi connectivity index (χ0) is 21.3. The predicted molar refractivity (Wildman–Crippen MR) is 112 cm³/mol. The highest BCUT2D eigenvalue weighted by Crippen LogP contribution is 2.37. The van der Waals surface area contributed by atoms with Gasteiger partial charge in [-0.1, -0.05) is 0 Å². The summed E-state index contributed by atoms with van der Waals surface area (Å²) in [6.07, 6.45) is 1.01. The summed E-state index contributed by atoms with van der Waals surface area (Å²) >= 11 is 1.46. The van der Waals surface area contributed by atoms with E-state index in [0.29, 0.717) is 17.1 Å². The number of fused-ring (bicyclic) bond motifs is 1. The maximum absolute atomic E-state index is 14.2. The van der Waals surface area contributed by atoms with E-state index in [1.807, 2.05) is 13.0 Å². The number of amides is 1. The molecule has 154 valence electrons. The van der Waals surface area contributed by atoms with Crippen LogP contribution in [0.4, 0.5) is 37.6 Å². The lowest BCUT2D eigenvalue weighted by Crippen LogP contribution is -2.26. The minimum atomic E-state index is -0.661. The van der Waals surface area contributed by atoms with Gasteiger partial charge in [0.1, 0.15) is 0 Å². The second kappa shape index (κ2) is 8.15. The summed E-state index contributed by atoms with van der Waals surface area (Å²) in [5, 5.41) is 8.36. The molecule has 4 rings (SSSR count). The average Bonchev–Trinajstić information content (AvgIpc) is 2.72. The van der Waals surface area contributed by atoms with Gasteiger partial charge in [-0.15, -0.1) is 11.8 Å². The smallest absolute Gasteiger partial charge is 0.237 e. The molecule has 3 aromatic rings. The van der Waals surface area contributed by atoms with Crippen molar-refractivity contribution in [1.82, 2.24) is 9.97 Å². The van der Waals surface area contributed by atoms with Gasteiger partial charge in [-0.05, 0) is 37.3 Å². The SMILES string of the molecule is COc1ccc(Nc2ncc(F)c(Nc3ccc4c(c3)NC(=O)C(C)S4)n2)cc1F. The van der Waals surface area contributed by atoms with Gasteiger partial charge in [-0.2, -0.15) is 4.98 Å². The number of thioether (sulfide) groups is 1. The van der Waals surface area contributed by atoms with E-state index in [1.165, 1.54) is 31.0 Å². The predicted octanol–water partition coefficient (Wildman–Crippen LogP) is 4.68. The molecule has 1 aromatic heterocycles. The third kappa shape index (κ3) is 4.13. The van der Waals surface area contributed by atoms with E-state index in [1.54, 1.807) is 18.2 Å². The summed E-state index contributed by atoms with van der Waals surface area (Å²) in [6.45, 7) is 1.83. The molecule has 0 bridgehead atoms. The number of methoxy groups -OCH3 is 1. The van der Waals surface area contributed by atoms with Crippen LogP contribution < -0.4 is 20.7 Å². The molecule has 3 N–H and O–H groups in total. The monoisotopic (exact) mass is 429 g/mol. The Hall–Kier alpha value is -3.40. The number of hydrogen-bond donors (Lipinski definition) is 3. The minimum Gasteiger partial charge on any atom is -0.494 e. The zero-order valence-electron chi connectivity index (χ0n) is 16.0. The number of ether oxygens (including phenoxy) is 1. The topological polar surface area (TPSA) is 88.2 Å². The largest absolute Gasteiger partial charge is 0.494 e. The van der Waals surface area contributed by atoms with E-state index >= 15 is 0 Å². The van der Waals surface area contributed by atoms with Gasteiger partial charge in [0, 0.05) is 22.3 Å². The molecule has 0 saturated carbocycles. The first-order valence-electron chi connectivity index (χ1n) is 8.94. The summed E-state index contributed by atoms with van der Waals surface area (Å²) in [4.78, 5) is 20.8. The first-order valence-corrected chi connectivity index (χ1v) is 9.82. The summed E-state index contributed by atoms with van der Waals surface area (Å²) in [5.41, 5.74) is 1.58. The number of carbonyl (C=O) groups is 1. The van der Waals surface area contributed by atoms with Crippen molar-refractivity contribution in [3.63, 3.8) is 0 Å². The molecule has 1 unspecified atom stereocenters. The van der Waals surface area contributed by atoms with Crippen molar-refractivity contribution in [2.45, 2.75) is 17.1 Å². The molecule has 1 aliphatic heterocycles. The van der Waals surface area contributed by atoms with E-state index in [-0.39, 0.29) is 28.7 Å². The third-order valence-corrected chi connectivity index (χ3v) is 5.50. The molecule has 2 aromatic carbocycles. The van der Waals surface area contributed by atoms with Crippen LogP contribution >= 0.6 is 11.8 Å². The van der Waals surface area contributed by atoms with Gasteiger partial charge >= 0.3 is 0 Å². The summed E-state index contributed by atoms with van der Waals surface area (Å²) in [5.74, 6) is -1.17. The standard InChI is InChI=1S/C20H17F2N5O2S/c1-10-19(28)26-15-8-12(4-6-17(15)30-10)24-18-14(22)9-23-20(27-18)25-11-3-5-16(29-2)13(21)7-11/h3-10H,1-2H3,(H,26,28)(H2,23,24,25,27). The summed E-state index contributed by atoms with van der Waals surface area (Å²) in [7, 11) is 1.37. The number of carbonyl (C=O) groups excluding carboxylic acids is 1. The molecule has 0 spiro atoms. The van der Waals surface area contributed by atoms with Crippen LogP contribution in [0.5, 0.6) is 5.75 Å². The molecule has 0 saturated heterocycles. The van der Waals surface area contributed by atoms with Gasteiger partial charge in [0.05, 0.1) is 24.2 Å². The number of nitrogens with zero attached hydrogens (tertiary/aromatic N) is 2. The van der Waals surface area contributed by atoms with Crippen molar-refractivity contribution in [2.75, 3.05) is 23.1 Å². The Morgan fingerprint density at radius 2 is 1.87 bits per heavy atom. The van der Waals surface area contributed by atoms with Gasteiger partial charge in [0.25, 0.3) is 0 Å². The van der Waals surface area contributed by atoms with Gasteiger partial charge in [-0.3, -0.25) is 4.79 Å². The fourth-order valence-corrected chi connectivity index (χ4v) is 3.74. The van der Waals surface area contributed by atoms with E-state index < -0.39 is 11.6 Å². The Bertz CT molecular complexity index is 1130. The second-order valence-corrected chi connectivity index (χ2v) is 7.83. The van der Waals surface area contributed by atoms with Crippen LogP contribution in [-0.4, -0.2) is 28.2 Å². The lowest BCUT2D eigenvalue weighted by atomic mass is 10.2. The Balaban J connectivity index is 1.55. The van der Waals surface area contributed by atoms with Crippen LogP contribution in [-0.2, 0) is 4.79 Å². The quantitative estimate of drug-likeness (QED) is 0.543.